The zero-order valence-electron chi connectivity index (χ0n) is 8.89. The number of rotatable bonds is 3. The first-order valence-electron chi connectivity index (χ1n) is 4.70. The van der Waals surface area contributed by atoms with Gasteiger partial charge >= 0.3 is 0 Å². The van der Waals surface area contributed by atoms with Crippen LogP contribution in [0.15, 0.2) is 16.8 Å². The highest BCUT2D eigenvalue weighted by Gasteiger charge is 2.15. The van der Waals surface area contributed by atoms with Crippen LogP contribution in [0.25, 0.3) is 11.6 Å². The summed E-state index contributed by atoms with van der Waals surface area (Å²) in [6.45, 7) is 1.82. The fourth-order valence-corrected chi connectivity index (χ4v) is 1.20. The zero-order valence-corrected chi connectivity index (χ0v) is 8.89. The molecule has 2 aromatic heterocycles. The number of nitrogens with one attached hydrogen (secondary N) is 1. The number of ether oxygens (including phenoxy) is 1. The number of methoxy groups -OCH3 is 1. The minimum atomic E-state index is -0.220. The molecule has 6 nitrogen and oxygen atoms in total. The van der Waals surface area contributed by atoms with E-state index >= 15 is 0 Å². The van der Waals surface area contributed by atoms with Gasteiger partial charge in [0.2, 0.25) is 5.82 Å². The van der Waals surface area contributed by atoms with Crippen molar-refractivity contribution in [3.63, 3.8) is 0 Å². The van der Waals surface area contributed by atoms with Crippen molar-refractivity contribution in [1.29, 1.82) is 5.26 Å². The average Bonchev–Trinajstić information content (AvgIpc) is 2.95. The first-order valence-corrected chi connectivity index (χ1v) is 4.70. The Morgan fingerprint density at radius 1 is 1.62 bits per heavy atom. The van der Waals surface area contributed by atoms with E-state index in [1.807, 2.05) is 13.0 Å². The topological polar surface area (TPSA) is 87.7 Å². The lowest BCUT2D eigenvalue weighted by Gasteiger charge is -2.00. The molecule has 0 aliphatic carbocycles. The van der Waals surface area contributed by atoms with E-state index in [1.165, 1.54) is 0 Å². The third-order valence-electron chi connectivity index (χ3n) is 2.20. The van der Waals surface area contributed by atoms with Gasteiger partial charge < -0.3 is 14.2 Å². The molecule has 0 bridgehead atoms. The summed E-state index contributed by atoms with van der Waals surface area (Å²) >= 11 is 0. The van der Waals surface area contributed by atoms with E-state index in [0.29, 0.717) is 23.0 Å². The van der Waals surface area contributed by atoms with Gasteiger partial charge in [-0.3, -0.25) is 0 Å². The van der Waals surface area contributed by atoms with Crippen molar-refractivity contribution >= 4 is 0 Å². The number of hydrogen-bond donors (Lipinski definition) is 1. The fourth-order valence-electron chi connectivity index (χ4n) is 1.20. The molecule has 82 valence electrons. The van der Waals surface area contributed by atoms with Crippen LogP contribution in [0, 0.1) is 11.3 Å². The largest absolute Gasteiger partial charge is 0.374 e. The molecule has 0 aliphatic heterocycles. The maximum Gasteiger partial charge on any atom is 0.274 e. The number of aromatic amines is 1. The SMILES string of the molecule is COC(C)c1noc(-c2cc(C#N)c[nH]2)n1. The Morgan fingerprint density at radius 3 is 3.06 bits per heavy atom. The summed E-state index contributed by atoms with van der Waals surface area (Å²) in [4.78, 5) is 7.04. The van der Waals surface area contributed by atoms with Crippen LogP contribution in [0.4, 0.5) is 0 Å². The normalized spacial score (nSPS) is 12.3. The predicted octanol–water partition coefficient (Wildman–Crippen LogP) is 1.64. The van der Waals surface area contributed by atoms with Crippen molar-refractivity contribution in [1.82, 2.24) is 15.1 Å². The van der Waals surface area contributed by atoms with E-state index in [4.69, 9.17) is 14.5 Å². The van der Waals surface area contributed by atoms with Gasteiger partial charge in [-0.2, -0.15) is 10.2 Å². The van der Waals surface area contributed by atoms with Crippen LogP contribution >= 0.6 is 0 Å². The molecule has 1 atom stereocenters. The summed E-state index contributed by atoms with van der Waals surface area (Å²) in [6.07, 6.45) is 1.36. The molecule has 1 unspecified atom stereocenters. The highest BCUT2D eigenvalue weighted by atomic mass is 16.5. The van der Waals surface area contributed by atoms with E-state index in [2.05, 4.69) is 15.1 Å². The Bertz CT molecular complexity index is 523. The second-order valence-corrected chi connectivity index (χ2v) is 3.25. The van der Waals surface area contributed by atoms with E-state index < -0.39 is 0 Å². The van der Waals surface area contributed by atoms with Crippen LogP contribution in [-0.2, 0) is 4.74 Å². The zero-order chi connectivity index (χ0) is 11.5. The molecule has 0 saturated carbocycles. The smallest absolute Gasteiger partial charge is 0.274 e. The second kappa shape index (κ2) is 4.16. The van der Waals surface area contributed by atoms with Gasteiger partial charge in [-0.05, 0) is 13.0 Å². The van der Waals surface area contributed by atoms with Crippen molar-refractivity contribution in [2.45, 2.75) is 13.0 Å². The molecule has 2 rings (SSSR count). The van der Waals surface area contributed by atoms with Gasteiger partial charge in [-0.1, -0.05) is 5.16 Å². The first-order chi connectivity index (χ1) is 7.74. The Labute approximate surface area is 91.8 Å². The van der Waals surface area contributed by atoms with Crippen LogP contribution in [0.3, 0.4) is 0 Å². The average molecular weight is 218 g/mol. The predicted molar refractivity (Wildman–Crippen MR) is 54.2 cm³/mol. The Balaban J connectivity index is 2.28. The van der Waals surface area contributed by atoms with Crippen LogP contribution in [0.5, 0.6) is 0 Å². The Morgan fingerprint density at radius 2 is 2.44 bits per heavy atom. The van der Waals surface area contributed by atoms with E-state index in [9.17, 15) is 0 Å². The highest BCUT2D eigenvalue weighted by Crippen LogP contribution is 2.19. The molecular weight excluding hydrogens is 208 g/mol. The van der Waals surface area contributed by atoms with Gasteiger partial charge in [0, 0.05) is 13.3 Å². The third-order valence-corrected chi connectivity index (χ3v) is 2.20. The number of H-pyrrole nitrogens is 1. The minimum absolute atomic E-state index is 0.220. The molecule has 0 fully saturated rings. The molecule has 6 heteroatoms. The first kappa shape index (κ1) is 10.4. The highest BCUT2D eigenvalue weighted by molar-refractivity contribution is 5.51. The molecule has 0 aromatic carbocycles. The van der Waals surface area contributed by atoms with Gasteiger partial charge in [0.25, 0.3) is 5.89 Å². The second-order valence-electron chi connectivity index (χ2n) is 3.25. The summed E-state index contributed by atoms with van der Waals surface area (Å²) in [6, 6.07) is 3.66. The summed E-state index contributed by atoms with van der Waals surface area (Å²) in [5.41, 5.74) is 1.15. The molecular formula is C10H10N4O2. The van der Waals surface area contributed by atoms with Crippen LogP contribution < -0.4 is 0 Å². The number of aromatic nitrogens is 3. The van der Waals surface area contributed by atoms with Crippen molar-refractivity contribution in [3.05, 3.63) is 23.7 Å². The lowest BCUT2D eigenvalue weighted by Crippen LogP contribution is -1.97. The third kappa shape index (κ3) is 1.81. The van der Waals surface area contributed by atoms with Gasteiger partial charge in [0.05, 0.1) is 5.56 Å². The molecule has 0 aliphatic rings. The number of nitrogens with zero attached hydrogens (tertiary/aromatic N) is 3. The number of nitriles is 1. The lowest BCUT2D eigenvalue weighted by molar-refractivity contribution is 0.109. The van der Waals surface area contributed by atoms with Crippen LogP contribution in [0.1, 0.15) is 24.4 Å². The molecule has 1 N–H and O–H groups in total. The Hall–Kier alpha value is -2.13. The van der Waals surface area contributed by atoms with Crippen molar-refractivity contribution in [2.24, 2.45) is 0 Å². The molecule has 2 heterocycles. The summed E-state index contributed by atoms with van der Waals surface area (Å²) in [5.74, 6) is 0.825. The molecule has 2 aromatic rings. The summed E-state index contributed by atoms with van der Waals surface area (Å²) in [5, 5.41) is 12.5. The molecule has 0 spiro atoms. The Kier molecular flexibility index (Phi) is 2.70. The standard InChI is InChI=1S/C10H10N4O2/c1-6(15-2)9-13-10(16-14-9)8-3-7(4-11)5-12-8/h3,5-6,12H,1-2H3. The summed E-state index contributed by atoms with van der Waals surface area (Å²) < 4.78 is 10.1. The van der Waals surface area contributed by atoms with E-state index in [-0.39, 0.29) is 6.10 Å². The molecule has 16 heavy (non-hydrogen) atoms. The van der Waals surface area contributed by atoms with Crippen molar-refractivity contribution in [3.8, 4) is 17.7 Å². The van der Waals surface area contributed by atoms with E-state index in [1.54, 1.807) is 19.4 Å². The quantitative estimate of drug-likeness (QED) is 0.846. The van der Waals surface area contributed by atoms with Crippen LogP contribution in [-0.4, -0.2) is 22.2 Å². The van der Waals surface area contributed by atoms with Crippen molar-refractivity contribution in [2.75, 3.05) is 7.11 Å². The fraction of sp³-hybridized carbons (Fsp3) is 0.300. The van der Waals surface area contributed by atoms with Crippen LogP contribution in [0.2, 0.25) is 0 Å². The van der Waals surface area contributed by atoms with E-state index in [0.717, 1.165) is 0 Å². The maximum atomic E-state index is 8.67. The maximum absolute atomic E-state index is 8.67. The van der Waals surface area contributed by atoms with Crippen molar-refractivity contribution < 1.29 is 9.26 Å². The van der Waals surface area contributed by atoms with Gasteiger partial charge in [0.1, 0.15) is 17.9 Å². The van der Waals surface area contributed by atoms with Gasteiger partial charge in [-0.15, -0.1) is 0 Å². The lowest BCUT2D eigenvalue weighted by atomic mass is 10.3. The molecule has 0 radical (unpaired) electrons. The molecule has 0 amide bonds. The minimum Gasteiger partial charge on any atom is -0.374 e. The van der Waals surface area contributed by atoms with Gasteiger partial charge in [-0.25, -0.2) is 0 Å². The number of hydrogen-bond acceptors (Lipinski definition) is 5. The molecule has 0 saturated heterocycles. The summed E-state index contributed by atoms with van der Waals surface area (Å²) in [7, 11) is 1.57. The van der Waals surface area contributed by atoms with Gasteiger partial charge in [0.15, 0.2) is 0 Å². The monoisotopic (exact) mass is 218 g/mol.